The van der Waals surface area contributed by atoms with Crippen LogP contribution in [0.1, 0.15) is 48.9 Å². The average molecular weight is 387 g/mol. The van der Waals surface area contributed by atoms with Crippen LogP contribution in [0.3, 0.4) is 0 Å². The zero-order chi connectivity index (χ0) is 20.6. The van der Waals surface area contributed by atoms with Gasteiger partial charge < -0.3 is 4.74 Å². The van der Waals surface area contributed by atoms with Crippen molar-refractivity contribution in [1.29, 1.82) is 0 Å². The van der Waals surface area contributed by atoms with Crippen LogP contribution in [0.2, 0.25) is 0 Å². The largest absolute Gasteiger partial charge is 0.494 e. The molecule has 0 N–H and O–H groups in total. The molecule has 0 radical (unpaired) electrons. The Kier molecular flexibility index (Phi) is 7.09. The third-order valence-electron chi connectivity index (χ3n) is 4.77. The summed E-state index contributed by atoms with van der Waals surface area (Å²) < 4.78 is 20.4. The maximum absolute atomic E-state index is 14.8. The molecule has 0 saturated carbocycles. The Morgan fingerprint density at radius 2 is 1.55 bits per heavy atom. The lowest BCUT2D eigenvalue weighted by molar-refractivity contribution is 0.317. The Morgan fingerprint density at radius 3 is 2.17 bits per heavy atom. The minimum atomic E-state index is -0.284. The third kappa shape index (κ3) is 5.48. The molecule has 3 rings (SSSR count). The van der Waals surface area contributed by atoms with Gasteiger partial charge in [0.05, 0.1) is 12.2 Å². The van der Waals surface area contributed by atoms with Crippen molar-refractivity contribution in [3.8, 4) is 28.7 Å². The smallest absolute Gasteiger partial charge is 0.139 e. The van der Waals surface area contributed by atoms with Gasteiger partial charge >= 0.3 is 0 Å². The molecule has 0 heterocycles. The van der Waals surface area contributed by atoms with Gasteiger partial charge in [-0.2, -0.15) is 0 Å². The molecule has 3 aromatic carbocycles. The topological polar surface area (TPSA) is 9.23 Å². The first-order chi connectivity index (χ1) is 14.1. The van der Waals surface area contributed by atoms with E-state index in [9.17, 15) is 4.39 Å². The SMILES string of the molecule is CCCOc1ccc(C#Cc2c(C)cc(-c3ccc(CCC)cc3)cc2F)cc1. The van der Waals surface area contributed by atoms with Gasteiger partial charge in [0.25, 0.3) is 0 Å². The minimum absolute atomic E-state index is 0.284. The van der Waals surface area contributed by atoms with Gasteiger partial charge in [0.15, 0.2) is 0 Å². The van der Waals surface area contributed by atoms with Crippen molar-refractivity contribution in [2.75, 3.05) is 6.61 Å². The van der Waals surface area contributed by atoms with E-state index >= 15 is 0 Å². The van der Waals surface area contributed by atoms with Crippen molar-refractivity contribution < 1.29 is 9.13 Å². The maximum atomic E-state index is 14.8. The fourth-order valence-electron chi connectivity index (χ4n) is 3.21. The van der Waals surface area contributed by atoms with Gasteiger partial charge in [0, 0.05) is 5.56 Å². The normalized spacial score (nSPS) is 10.3. The van der Waals surface area contributed by atoms with Crippen LogP contribution < -0.4 is 4.74 Å². The van der Waals surface area contributed by atoms with Crippen LogP contribution in [0.4, 0.5) is 4.39 Å². The third-order valence-corrected chi connectivity index (χ3v) is 4.77. The molecule has 0 bridgehead atoms. The second-order valence-electron chi connectivity index (χ2n) is 7.22. The first-order valence-corrected chi connectivity index (χ1v) is 10.2. The second-order valence-corrected chi connectivity index (χ2v) is 7.22. The summed E-state index contributed by atoms with van der Waals surface area (Å²) in [6.07, 6.45) is 3.15. The number of ether oxygens (including phenoxy) is 1. The Labute approximate surface area is 173 Å². The van der Waals surface area contributed by atoms with E-state index in [1.54, 1.807) is 6.07 Å². The molecule has 0 aliphatic rings. The molecule has 148 valence electrons. The van der Waals surface area contributed by atoms with E-state index in [4.69, 9.17) is 4.74 Å². The molecule has 2 heteroatoms. The number of aryl methyl sites for hydroxylation is 2. The molecule has 0 unspecified atom stereocenters. The quantitative estimate of drug-likeness (QED) is 0.417. The predicted octanol–water partition coefficient (Wildman–Crippen LogP) is 6.94. The highest BCUT2D eigenvalue weighted by Crippen LogP contribution is 2.25. The van der Waals surface area contributed by atoms with Crippen molar-refractivity contribution >= 4 is 0 Å². The van der Waals surface area contributed by atoms with Gasteiger partial charge in [0.2, 0.25) is 0 Å². The Morgan fingerprint density at radius 1 is 0.828 bits per heavy atom. The van der Waals surface area contributed by atoms with Gasteiger partial charge in [-0.25, -0.2) is 4.39 Å². The standard InChI is InChI=1S/C27H27FO/c1-4-6-21-7-12-23(13-8-21)24-18-20(3)26(27(28)19-24)16-11-22-9-14-25(15-10-22)29-17-5-2/h7-10,12-15,18-19H,4-6,17H2,1-3H3. The van der Waals surface area contributed by atoms with Crippen LogP contribution in [0.5, 0.6) is 5.75 Å². The van der Waals surface area contributed by atoms with Gasteiger partial charge in [-0.05, 0) is 78.4 Å². The summed E-state index contributed by atoms with van der Waals surface area (Å²) in [4.78, 5) is 0. The minimum Gasteiger partial charge on any atom is -0.494 e. The van der Waals surface area contributed by atoms with Crippen LogP contribution >= 0.6 is 0 Å². The maximum Gasteiger partial charge on any atom is 0.139 e. The Balaban J connectivity index is 1.80. The lowest BCUT2D eigenvalue weighted by Gasteiger charge is -2.08. The molecule has 0 aromatic heterocycles. The molecule has 3 aromatic rings. The summed E-state index contributed by atoms with van der Waals surface area (Å²) in [5.41, 5.74) is 5.33. The summed E-state index contributed by atoms with van der Waals surface area (Å²) in [6, 6.07) is 19.5. The molecule has 29 heavy (non-hydrogen) atoms. The zero-order valence-electron chi connectivity index (χ0n) is 17.4. The van der Waals surface area contributed by atoms with Gasteiger partial charge in [-0.1, -0.05) is 56.4 Å². The summed E-state index contributed by atoms with van der Waals surface area (Å²) in [7, 11) is 0. The molecule has 0 aliphatic heterocycles. The van der Waals surface area contributed by atoms with E-state index in [0.717, 1.165) is 47.3 Å². The van der Waals surface area contributed by atoms with Gasteiger partial charge in [0.1, 0.15) is 11.6 Å². The lowest BCUT2D eigenvalue weighted by Crippen LogP contribution is -1.94. The summed E-state index contributed by atoms with van der Waals surface area (Å²) in [5, 5.41) is 0. The number of rotatable bonds is 6. The van der Waals surface area contributed by atoms with Crippen LogP contribution in [0.15, 0.2) is 60.7 Å². The van der Waals surface area contributed by atoms with E-state index in [0.29, 0.717) is 12.2 Å². The molecule has 0 aliphatic carbocycles. The first kappa shape index (κ1) is 20.7. The Hall–Kier alpha value is -3.05. The summed E-state index contributed by atoms with van der Waals surface area (Å²) in [6.45, 7) is 6.84. The van der Waals surface area contributed by atoms with Gasteiger partial charge in [-0.15, -0.1) is 0 Å². The average Bonchev–Trinajstić information content (AvgIpc) is 2.73. The second kappa shape index (κ2) is 9.94. The van der Waals surface area contributed by atoms with Crippen molar-refractivity contribution in [3.63, 3.8) is 0 Å². The van der Waals surface area contributed by atoms with Crippen molar-refractivity contribution in [2.24, 2.45) is 0 Å². The van der Waals surface area contributed by atoms with Crippen LogP contribution in [-0.2, 0) is 6.42 Å². The first-order valence-electron chi connectivity index (χ1n) is 10.2. The van der Waals surface area contributed by atoms with Crippen molar-refractivity contribution in [3.05, 3.63) is 88.7 Å². The molecule has 0 fully saturated rings. The van der Waals surface area contributed by atoms with Crippen molar-refractivity contribution in [1.82, 2.24) is 0 Å². The van der Waals surface area contributed by atoms with Gasteiger partial charge in [-0.3, -0.25) is 0 Å². The van der Waals surface area contributed by atoms with Crippen LogP contribution in [0.25, 0.3) is 11.1 Å². The molecule has 0 atom stereocenters. The van der Waals surface area contributed by atoms with E-state index in [1.807, 2.05) is 37.3 Å². The molecule has 1 nitrogen and oxygen atoms in total. The van der Waals surface area contributed by atoms with Crippen molar-refractivity contribution in [2.45, 2.75) is 40.0 Å². The zero-order valence-corrected chi connectivity index (χ0v) is 17.4. The number of hydrogen-bond acceptors (Lipinski definition) is 1. The van der Waals surface area contributed by atoms with E-state index in [2.05, 4.69) is 50.0 Å². The van der Waals surface area contributed by atoms with E-state index in [-0.39, 0.29) is 5.82 Å². The van der Waals surface area contributed by atoms with Crippen LogP contribution in [-0.4, -0.2) is 6.61 Å². The highest BCUT2D eigenvalue weighted by atomic mass is 19.1. The number of benzene rings is 3. The predicted molar refractivity (Wildman–Crippen MR) is 119 cm³/mol. The lowest BCUT2D eigenvalue weighted by atomic mass is 9.98. The van der Waals surface area contributed by atoms with E-state index in [1.165, 1.54) is 5.56 Å². The number of hydrogen-bond donors (Lipinski definition) is 0. The number of halogens is 1. The van der Waals surface area contributed by atoms with Crippen LogP contribution in [0, 0.1) is 24.6 Å². The highest BCUT2D eigenvalue weighted by molar-refractivity contribution is 5.67. The summed E-state index contributed by atoms with van der Waals surface area (Å²) in [5.74, 6) is 6.60. The fraction of sp³-hybridized carbons (Fsp3) is 0.259. The fourth-order valence-corrected chi connectivity index (χ4v) is 3.21. The summed E-state index contributed by atoms with van der Waals surface area (Å²) >= 11 is 0. The molecular weight excluding hydrogens is 359 g/mol. The highest BCUT2D eigenvalue weighted by Gasteiger charge is 2.08. The van der Waals surface area contributed by atoms with E-state index < -0.39 is 0 Å². The Bertz CT molecular complexity index is 982. The molecule has 0 saturated heterocycles. The molecule has 0 spiro atoms. The molecular formula is C27H27FO. The molecule has 0 amide bonds. The monoisotopic (exact) mass is 386 g/mol.